The van der Waals surface area contributed by atoms with E-state index < -0.39 is 0 Å². The maximum atomic E-state index is 6.85. The molecule has 0 radical (unpaired) electrons. The predicted molar refractivity (Wildman–Crippen MR) is 67.5 cm³/mol. The zero-order valence-corrected chi connectivity index (χ0v) is 10.7. The van der Waals surface area contributed by atoms with Crippen molar-refractivity contribution in [1.29, 1.82) is 0 Å². The molecule has 2 aliphatic heterocycles. The highest BCUT2D eigenvalue weighted by atomic mass is 35.5. The van der Waals surface area contributed by atoms with Gasteiger partial charge in [-0.25, -0.2) is 4.98 Å². The minimum Gasteiger partial charge on any atom is -0.481 e. The highest BCUT2D eigenvalue weighted by molar-refractivity contribution is 6.24. The summed E-state index contributed by atoms with van der Waals surface area (Å²) in [5, 5.41) is 3.53. The number of nitrogens with one attached hydrogen (secondary N) is 1. The average Bonchev–Trinajstić information content (AvgIpc) is 2.40. The van der Waals surface area contributed by atoms with E-state index in [-0.39, 0.29) is 4.87 Å². The molecule has 3 atom stereocenters. The SMILES string of the molecule is COc1cccc(C2(Cl)CC3CCC2NC3)n1. The Morgan fingerprint density at radius 3 is 2.94 bits per heavy atom. The molecule has 3 aliphatic rings. The van der Waals surface area contributed by atoms with Crippen LogP contribution in [-0.2, 0) is 4.87 Å². The Labute approximate surface area is 107 Å². The minimum atomic E-state index is -0.351. The number of hydrogen-bond acceptors (Lipinski definition) is 3. The molecule has 17 heavy (non-hydrogen) atoms. The summed E-state index contributed by atoms with van der Waals surface area (Å²) < 4.78 is 5.18. The van der Waals surface area contributed by atoms with E-state index in [4.69, 9.17) is 16.3 Å². The van der Waals surface area contributed by atoms with Gasteiger partial charge >= 0.3 is 0 Å². The second-order valence-electron chi connectivity index (χ2n) is 5.04. The standard InChI is InChI=1S/C13H17ClN2O/c1-17-12-4-2-3-11(16-12)13(14)7-9-5-6-10(13)15-8-9/h2-4,9-10,15H,5-8H2,1H3. The molecule has 1 aromatic heterocycles. The summed E-state index contributed by atoms with van der Waals surface area (Å²) in [5.41, 5.74) is 0.945. The lowest BCUT2D eigenvalue weighted by Gasteiger charge is -2.48. The number of piperidine rings is 2. The lowest BCUT2D eigenvalue weighted by molar-refractivity contribution is 0.154. The van der Waals surface area contributed by atoms with Crippen LogP contribution in [0.2, 0.25) is 0 Å². The van der Waals surface area contributed by atoms with Crippen LogP contribution in [0.3, 0.4) is 0 Å². The van der Waals surface area contributed by atoms with Gasteiger partial charge in [0.2, 0.25) is 5.88 Å². The van der Waals surface area contributed by atoms with Crippen molar-refractivity contribution in [2.45, 2.75) is 30.2 Å². The summed E-state index contributed by atoms with van der Waals surface area (Å²) in [6.07, 6.45) is 3.45. The Morgan fingerprint density at radius 2 is 2.35 bits per heavy atom. The van der Waals surface area contributed by atoms with Crippen LogP contribution >= 0.6 is 11.6 Å². The smallest absolute Gasteiger partial charge is 0.213 e. The monoisotopic (exact) mass is 252 g/mol. The largest absolute Gasteiger partial charge is 0.481 e. The maximum absolute atomic E-state index is 6.85. The van der Waals surface area contributed by atoms with Gasteiger partial charge in [0.1, 0.15) is 4.87 Å². The fraction of sp³-hybridized carbons (Fsp3) is 0.615. The first-order valence-corrected chi connectivity index (χ1v) is 6.54. The number of hydrogen-bond donors (Lipinski definition) is 1. The third-order valence-electron chi connectivity index (χ3n) is 4.01. The molecule has 0 spiro atoms. The van der Waals surface area contributed by atoms with Gasteiger partial charge in [0.15, 0.2) is 0 Å². The van der Waals surface area contributed by atoms with E-state index in [0.29, 0.717) is 17.8 Å². The summed E-state index contributed by atoms with van der Waals surface area (Å²) in [6, 6.07) is 6.18. The van der Waals surface area contributed by atoms with Crippen molar-refractivity contribution in [2.75, 3.05) is 13.7 Å². The molecular weight excluding hydrogens is 236 g/mol. The lowest BCUT2D eigenvalue weighted by atomic mass is 9.72. The molecule has 2 saturated heterocycles. The molecule has 3 fully saturated rings. The zero-order chi connectivity index (χ0) is 11.9. The van der Waals surface area contributed by atoms with Crippen LogP contribution in [0, 0.1) is 5.92 Å². The topological polar surface area (TPSA) is 34.1 Å². The first-order valence-electron chi connectivity index (χ1n) is 6.16. The Kier molecular flexibility index (Phi) is 2.75. The van der Waals surface area contributed by atoms with Gasteiger partial charge < -0.3 is 10.1 Å². The number of fused-ring (bicyclic) bond motifs is 3. The van der Waals surface area contributed by atoms with E-state index in [2.05, 4.69) is 10.3 Å². The van der Waals surface area contributed by atoms with Gasteiger partial charge in [0, 0.05) is 12.1 Å². The first-order chi connectivity index (χ1) is 8.22. The van der Waals surface area contributed by atoms with Crippen molar-refractivity contribution in [1.82, 2.24) is 10.3 Å². The molecule has 3 nitrogen and oxygen atoms in total. The third kappa shape index (κ3) is 1.81. The second-order valence-corrected chi connectivity index (χ2v) is 5.71. The van der Waals surface area contributed by atoms with Gasteiger partial charge in [-0.2, -0.15) is 0 Å². The number of methoxy groups -OCH3 is 1. The summed E-state index contributed by atoms with van der Waals surface area (Å²) in [5.74, 6) is 1.33. The van der Waals surface area contributed by atoms with E-state index in [9.17, 15) is 0 Å². The molecule has 4 heteroatoms. The van der Waals surface area contributed by atoms with Crippen molar-refractivity contribution in [3.8, 4) is 5.88 Å². The summed E-state index contributed by atoms with van der Waals surface area (Å²) >= 11 is 6.85. The quantitative estimate of drug-likeness (QED) is 0.821. The molecule has 1 aromatic rings. The fourth-order valence-electron chi connectivity index (χ4n) is 3.09. The van der Waals surface area contributed by atoms with E-state index in [1.54, 1.807) is 7.11 Å². The van der Waals surface area contributed by atoms with Gasteiger partial charge in [-0.1, -0.05) is 6.07 Å². The number of halogens is 1. The van der Waals surface area contributed by atoms with Crippen LogP contribution < -0.4 is 10.1 Å². The first kappa shape index (κ1) is 11.3. The van der Waals surface area contributed by atoms with Gasteiger partial charge in [-0.15, -0.1) is 11.6 Å². The Bertz CT molecular complexity index is 418. The van der Waals surface area contributed by atoms with E-state index in [1.165, 1.54) is 6.42 Å². The summed E-state index contributed by atoms with van der Waals surface area (Å²) in [7, 11) is 1.64. The third-order valence-corrected chi connectivity index (χ3v) is 4.62. The highest BCUT2D eigenvalue weighted by Crippen LogP contribution is 2.47. The van der Waals surface area contributed by atoms with Crippen molar-refractivity contribution in [2.24, 2.45) is 5.92 Å². The molecule has 1 aliphatic carbocycles. The molecule has 1 saturated carbocycles. The van der Waals surface area contributed by atoms with E-state index >= 15 is 0 Å². The van der Waals surface area contributed by atoms with Crippen molar-refractivity contribution < 1.29 is 4.74 Å². The molecule has 0 aromatic carbocycles. The molecule has 92 valence electrons. The molecular formula is C13H17ClN2O. The summed E-state index contributed by atoms with van der Waals surface area (Å²) in [6.45, 7) is 1.10. The van der Waals surface area contributed by atoms with E-state index in [1.807, 2.05) is 18.2 Å². The lowest BCUT2D eigenvalue weighted by Crippen LogP contribution is -2.57. The van der Waals surface area contributed by atoms with Crippen molar-refractivity contribution in [3.63, 3.8) is 0 Å². The van der Waals surface area contributed by atoms with Gasteiger partial charge in [0.05, 0.1) is 12.8 Å². The van der Waals surface area contributed by atoms with E-state index in [0.717, 1.165) is 25.1 Å². The second kappa shape index (κ2) is 4.14. The van der Waals surface area contributed by atoms with Crippen LogP contribution in [0.15, 0.2) is 18.2 Å². The van der Waals surface area contributed by atoms with Gasteiger partial charge in [-0.05, 0) is 37.8 Å². The number of nitrogens with zero attached hydrogens (tertiary/aromatic N) is 1. The summed E-state index contributed by atoms with van der Waals surface area (Å²) in [4.78, 5) is 4.16. The molecule has 1 N–H and O–H groups in total. The number of aromatic nitrogens is 1. The molecule has 3 unspecified atom stereocenters. The highest BCUT2D eigenvalue weighted by Gasteiger charge is 2.48. The Morgan fingerprint density at radius 1 is 1.47 bits per heavy atom. The maximum Gasteiger partial charge on any atom is 0.213 e. The van der Waals surface area contributed by atoms with Crippen molar-refractivity contribution >= 4 is 11.6 Å². The normalized spacial score (nSPS) is 35.9. The van der Waals surface area contributed by atoms with Crippen molar-refractivity contribution in [3.05, 3.63) is 23.9 Å². The minimum absolute atomic E-state index is 0.341. The molecule has 2 bridgehead atoms. The van der Waals surface area contributed by atoms with Crippen LogP contribution in [0.25, 0.3) is 0 Å². The number of pyridine rings is 1. The molecule has 4 rings (SSSR count). The Balaban J connectivity index is 1.96. The average molecular weight is 253 g/mol. The van der Waals surface area contributed by atoms with Crippen LogP contribution in [-0.4, -0.2) is 24.7 Å². The molecule has 0 amide bonds. The van der Waals surface area contributed by atoms with Crippen LogP contribution in [0.1, 0.15) is 25.0 Å². The molecule has 3 heterocycles. The van der Waals surface area contributed by atoms with Crippen LogP contribution in [0.4, 0.5) is 0 Å². The number of ether oxygens (including phenoxy) is 1. The zero-order valence-electron chi connectivity index (χ0n) is 9.95. The Hall–Kier alpha value is -0.800. The fourth-order valence-corrected chi connectivity index (χ4v) is 3.60. The predicted octanol–water partition coefficient (Wildman–Crippen LogP) is 2.30. The number of alkyl halides is 1. The van der Waals surface area contributed by atoms with Crippen LogP contribution in [0.5, 0.6) is 5.88 Å². The van der Waals surface area contributed by atoms with Gasteiger partial charge in [-0.3, -0.25) is 0 Å². The number of rotatable bonds is 2. The van der Waals surface area contributed by atoms with Gasteiger partial charge in [0.25, 0.3) is 0 Å².